The van der Waals surface area contributed by atoms with E-state index >= 15 is 8.78 Å². The van der Waals surface area contributed by atoms with E-state index < -0.39 is 49.2 Å². The molecule has 448 valence electrons. The van der Waals surface area contributed by atoms with E-state index in [0.29, 0.717) is 106 Å². The molecule has 1 spiro atoms. The zero-order chi connectivity index (χ0) is 58.3. The maximum Gasteiger partial charge on any atom is 0.297 e. The number of hydrogen-bond acceptors (Lipinski definition) is 17. The molecule has 23 heteroatoms. The summed E-state index contributed by atoms with van der Waals surface area (Å²) in [6.45, 7) is 9.45. The third-order valence-electron chi connectivity index (χ3n) is 19.0. The number of nitro groups is 1. The number of pyridine rings is 1. The van der Waals surface area contributed by atoms with E-state index in [4.69, 9.17) is 33.4 Å². The molecule has 0 unspecified atom stereocenters. The second kappa shape index (κ2) is 22.2. The molecule has 2 aromatic heterocycles. The van der Waals surface area contributed by atoms with Crippen LogP contribution in [0.1, 0.15) is 91.9 Å². The van der Waals surface area contributed by atoms with Crippen molar-refractivity contribution >= 4 is 61.1 Å². The number of aromatic amines is 1. The van der Waals surface area contributed by atoms with Gasteiger partial charge in [0.15, 0.2) is 17.3 Å². The number of halogens is 2. The molecule has 7 aliphatic heterocycles. The molecule has 8 aliphatic rings. The normalized spacial score (nSPS) is 23.4. The molecule has 14 rings (SSSR count). The maximum atomic E-state index is 16.4. The van der Waals surface area contributed by atoms with Gasteiger partial charge < -0.3 is 53.4 Å². The number of benzene rings is 4. The lowest BCUT2D eigenvalue weighted by Crippen LogP contribution is -2.60. The van der Waals surface area contributed by atoms with Gasteiger partial charge in [-0.05, 0) is 130 Å². The lowest BCUT2D eigenvalue weighted by atomic mass is 9.59. The fraction of sp³-hybridized carbons (Fsp3) is 0.484. The highest BCUT2D eigenvalue weighted by molar-refractivity contribution is 7.90. The number of carbonyl (C=O) groups is 1. The SMILES string of the molecule is CC(C)Oc1ccccc1[C@@H]1CN(c2c(F)cc3c(c2F)CCOC3)CCN1C1CC2(CCN(c3ccc(C(=O)NS(=O)(=O)c4cc5c(c([N+](=O)[O-])c4)N[C@H](C4CCOCC4)CO5)c(N4c5cc6cc[nH]c6nc5O[C@H]5COCC[C@@H]54)c3)CC2)C1. The summed E-state index contributed by atoms with van der Waals surface area (Å²) in [6.07, 6.45) is 7.35. The van der Waals surface area contributed by atoms with E-state index in [1.165, 1.54) is 12.1 Å². The molecule has 9 heterocycles. The van der Waals surface area contributed by atoms with Crippen LogP contribution in [-0.4, -0.2) is 137 Å². The van der Waals surface area contributed by atoms with E-state index in [2.05, 4.69) is 30.9 Å². The number of fused-ring (bicyclic) bond motifs is 5. The van der Waals surface area contributed by atoms with Crippen LogP contribution in [0.4, 0.5) is 42.9 Å². The van der Waals surface area contributed by atoms with E-state index in [9.17, 15) is 23.3 Å². The average molecular weight is 1190 g/mol. The number of amides is 1. The van der Waals surface area contributed by atoms with Crippen LogP contribution in [-0.2, 0) is 37.3 Å². The van der Waals surface area contributed by atoms with Gasteiger partial charge in [-0.25, -0.2) is 21.9 Å². The summed E-state index contributed by atoms with van der Waals surface area (Å²) in [6, 6.07) is 20.4. The van der Waals surface area contributed by atoms with Crippen LogP contribution in [0.25, 0.3) is 11.0 Å². The second-order valence-electron chi connectivity index (χ2n) is 24.3. The Morgan fingerprint density at radius 3 is 2.53 bits per heavy atom. The summed E-state index contributed by atoms with van der Waals surface area (Å²) in [5.74, 6) is -0.763. The monoisotopic (exact) mass is 1190 g/mol. The number of rotatable bonds is 12. The standard InChI is InChI=1S/C62H69F2N9O11S/c1-36(2)83-53-6-4-3-5-44(53)52-32-70(58-46(63)25-39-33-80-23-12-43(39)56(58)64)19-20-71(52)41-30-62(31-41)14-17-69(18-15-62)40-7-8-45(49(27-40)72-48-13-24-81-35-55(48)84-61-51(72)26-38-9-16-65-59(38)67-61)60(74)68-85(77,78)42-28-50(73(75)76)57-54(29-42)82-34-47(66-57)37-10-21-79-22-11-37/h3-9,16,25-29,36-37,41,47-48,52,55,66H,10-15,17-24,30-35H2,1-2H3,(H,65,67)(H,68,74)/t47-,48-,52-,55-/m0/s1. The van der Waals surface area contributed by atoms with Gasteiger partial charge in [0.1, 0.15) is 41.3 Å². The van der Waals surface area contributed by atoms with Gasteiger partial charge in [-0.3, -0.25) is 19.8 Å². The van der Waals surface area contributed by atoms with Gasteiger partial charge in [-0.15, -0.1) is 0 Å². The fourth-order valence-electron chi connectivity index (χ4n) is 14.6. The molecule has 4 saturated heterocycles. The van der Waals surface area contributed by atoms with Crippen LogP contribution in [0.5, 0.6) is 17.4 Å². The predicted molar refractivity (Wildman–Crippen MR) is 313 cm³/mol. The molecule has 6 aromatic rings. The minimum atomic E-state index is -4.75. The fourth-order valence-corrected chi connectivity index (χ4v) is 15.6. The molecule has 1 aliphatic carbocycles. The largest absolute Gasteiger partial charge is 0.491 e. The smallest absolute Gasteiger partial charge is 0.297 e. The number of para-hydroxylation sites is 1. The second-order valence-corrected chi connectivity index (χ2v) is 26.0. The molecule has 4 atom stereocenters. The number of nitrogens with zero attached hydrogens (tertiary/aromatic N) is 6. The highest BCUT2D eigenvalue weighted by Crippen LogP contribution is 2.55. The summed E-state index contributed by atoms with van der Waals surface area (Å²) in [5.41, 5.74) is 4.32. The third-order valence-corrected chi connectivity index (χ3v) is 20.3. The third kappa shape index (κ3) is 10.3. The van der Waals surface area contributed by atoms with E-state index in [1.807, 2.05) is 66.1 Å². The van der Waals surface area contributed by atoms with Gasteiger partial charge in [0.05, 0.1) is 65.1 Å². The number of piperazine rings is 1. The quantitative estimate of drug-likeness (QED) is 0.0768. The molecule has 3 N–H and O–H groups in total. The van der Waals surface area contributed by atoms with Crippen molar-refractivity contribution in [1.82, 2.24) is 19.6 Å². The van der Waals surface area contributed by atoms with Crippen molar-refractivity contribution in [1.29, 1.82) is 0 Å². The number of hydrogen-bond donors (Lipinski definition) is 3. The number of carbonyl (C=O) groups excluding carboxylic acids is 1. The van der Waals surface area contributed by atoms with Crippen LogP contribution >= 0.6 is 0 Å². The van der Waals surface area contributed by atoms with Crippen molar-refractivity contribution < 1.29 is 55.3 Å². The lowest BCUT2D eigenvalue weighted by molar-refractivity contribution is -0.384. The number of piperidine rings is 1. The first-order valence-corrected chi connectivity index (χ1v) is 31.3. The van der Waals surface area contributed by atoms with Gasteiger partial charge in [0.2, 0.25) is 5.88 Å². The van der Waals surface area contributed by atoms with Crippen molar-refractivity contribution in [3.8, 4) is 17.4 Å². The van der Waals surface area contributed by atoms with Gasteiger partial charge in [0.25, 0.3) is 21.6 Å². The molecule has 5 fully saturated rings. The topological polar surface area (TPSA) is 215 Å². The Labute approximate surface area is 491 Å². The molecule has 85 heavy (non-hydrogen) atoms. The summed E-state index contributed by atoms with van der Waals surface area (Å²) >= 11 is 0. The Balaban J connectivity index is 0.743. The minimum absolute atomic E-state index is 0.00361. The van der Waals surface area contributed by atoms with Gasteiger partial charge >= 0.3 is 0 Å². The number of sulfonamides is 1. The number of H-pyrrole nitrogens is 1. The molecule has 1 amide bonds. The number of ether oxygens (including phenoxy) is 6. The van der Waals surface area contributed by atoms with Crippen LogP contribution in [0.3, 0.4) is 0 Å². The van der Waals surface area contributed by atoms with E-state index in [1.54, 1.807) is 12.3 Å². The Hall–Kier alpha value is -7.31. The molecular formula is C62H69F2N9O11S. The zero-order valence-corrected chi connectivity index (χ0v) is 48.3. The van der Waals surface area contributed by atoms with E-state index in [0.717, 1.165) is 67.0 Å². The highest BCUT2D eigenvalue weighted by atomic mass is 32.2. The van der Waals surface area contributed by atoms with Crippen LogP contribution in [0.2, 0.25) is 0 Å². The summed E-state index contributed by atoms with van der Waals surface area (Å²) in [5, 5.41) is 16.7. The molecular weight excluding hydrogens is 1120 g/mol. The number of nitro benzene ring substituents is 1. The summed E-state index contributed by atoms with van der Waals surface area (Å²) < 4.78 is 99.7. The van der Waals surface area contributed by atoms with E-state index in [-0.39, 0.29) is 84.1 Å². The Kier molecular flexibility index (Phi) is 14.5. The predicted octanol–water partition coefficient (Wildman–Crippen LogP) is 9.33. The van der Waals surface area contributed by atoms with Crippen molar-refractivity contribution in [3.63, 3.8) is 0 Å². The van der Waals surface area contributed by atoms with Crippen molar-refractivity contribution in [2.75, 3.05) is 92.4 Å². The number of anilines is 5. The number of aromatic nitrogens is 2. The van der Waals surface area contributed by atoms with Gasteiger partial charge in [0, 0.05) is 93.6 Å². The zero-order valence-electron chi connectivity index (χ0n) is 47.5. The maximum absolute atomic E-state index is 16.4. The van der Waals surface area contributed by atoms with Gasteiger partial charge in [-0.1, -0.05) is 18.2 Å². The van der Waals surface area contributed by atoms with Crippen molar-refractivity contribution in [2.24, 2.45) is 11.3 Å². The Morgan fingerprint density at radius 2 is 1.72 bits per heavy atom. The first-order chi connectivity index (χ1) is 41.2. The van der Waals surface area contributed by atoms with Crippen molar-refractivity contribution in [2.45, 2.75) is 113 Å². The Bertz CT molecular complexity index is 3700. The first-order valence-electron chi connectivity index (χ1n) is 29.8. The van der Waals surface area contributed by atoms with Crippen molar-refractivity contribution in [3.05, 3.63) is 123 Å². The lowest BCUT2D eigenvalue weighted by Gasteiger charge is -2.58. The highest BCUT2D eigenvalue weighted by Gasteiger charge is 2.51. The molecule has 20 nitrogen and oxygen atoms in total. The van der Waals surface area contributed by atoms with Gasteiger partial charge in [-0.2, -0.15) is 4.98 Å². The number of nitrogens with one attached hydrogen (secondary N) is 3. The average Bonchev–Trinajstić information content (AvgIpc) is 3.76. The first kappa shape index (κ1) is 55.6. The van der Waals surface area contributed by atoms with Crippen LogP contribution in [0, 0.1) is 33.1 Å². The summed E-state index contributed by atoms with van der Waals surface area (Å²) in [7, 11) is -4.75. The molecule has 4 aromatic carbocycles. The summed E-state index contributed by atoms with van der Waals surface area (Å²) in [4.78, 5) is 43.2. The Morgan fingerprint density at radius 1 is 0.906 bits per heavy atom. The molecule has 0 radical (unpaired) electrons. The van der Waals surface area contributed by atoms with Crippen LogP contribution < -0.4 is 38.9 Å². The minimum Gasteiger partial charge on any atom is -0.491 e. The molecule has 1 saturated carbocycles. The van der Waals surface area contributed by atoms with Crippen LogP contribution in [0.15, 0.2) is 83.9 Å². The molecule has 0 bridgehead atoms.